The molecule has 0 unspecified atom stereocenters. The van der Waals surface area contributed by atoms with Crippen LogP contribution in [-0.4, -0.2) is 21.2 Å². The minimum absolute atomic E-state index is 0.0988. The molecule has 0 spiro atoms. The number of amides is 1. The second kappa shape index (κ2) is 9.10. The van der Waals surface area contributed by atoms with Crippen molar-refractivity contribution in [2.24, 2.45) is 0 Å². The molecule has 1 aromatic heterocycles. The molecule has 0 radical (unpaired) electrons. The lowest BCUT2D eigenvalue weighted by atomic mass is 10.1. The van der Waals surface area contributed by atoms with Crippen LogP contribution in [0.3, 0.4) is 0 Å². The van der Waals surface area contributed by atoms with Crippen LogP contribution in [0.1, 0.15) is 0 Å². The largest absolute Gasteiger partial charge is 0.325 e. The minimum atomic E-state index is -0.195. The third-order valence-electron chi connectivity index (χ3n) is 5.23. The van der Waals surface area contributed by atoms with Gasteiger partial charge in [0.1, 0.15) is 0 Å². The van der Waals surface area contributed by atoms with Crippen LogP contribution in [0.15, 0.2) is 101 Å². The highest BCUT2D eigenvalue weighted by Gasteiger charge is 2.15. The van der Waals surface area contributed by atoms with Crippen molar-refractivity contribution in [1.82, 2.24) is 9.55 Å². The van der Waals surface area contributed by atoms with Crippen molar-refractivity contribution in [2.75, 3.05) is 11.1 Å². The summed E-state index contributed by atoms with van der Waals surface area (Å²) in [4.78, 5) is 30.8. The van der Waals surface area contributed by atoms with Crippen LogP contribution in [0.4, 0.5) is 5.69 Å². The maximum Gasteiger partial charge on any atom is 0.266 e. The first-order valence-corrected chi connectivity index (χ1v) is 11.6. The number of halogens is 1. The maximum atomic E-state index is 13.3. The average molecular weight is 472 g/mol. The number of anilines is 1. The van der Waals surface area contributed by atoms with E-state index >= 15 is 0 Å². The molecule has 1 amide bonds. The van der Waals surface area contributed by atoms with Gasteiger partial charge in [-0.1, -0.05) is 71.9 Å². The van der Waals surface area contributed by atoms with Gasteiger partial charge < -0.3 is 5.32 Å². The summed E-state index contributed by atoms with van der Waals surface area (Å²) in [6, 6.07) is 27.8. The van der Waals surface area contributed by atoms with Gasteiger partial charge in [0.2, 0.25) is 5.91 Å². The molecule has 0 fully saturated rings. The third-order valence-corrected chi connectivity index (χ3v) is 6.42. The zero-order valence-corrected chi connectivity index (χ0v) is 18.9. The number of rotatable bonds is 5. The van der Waals surface area contributed by atoms with E-state index in [1.807, 2.05) is 54.6 Å². The van der Waals surface area contributed by atoms with Crippen LogP contribution in [0.25, 0.3) is 27.4 Å². The van der Waals surface area contributed by atoms with Gasteiger partial charge in [-0.15, -0.1) is 0 Å². The lowest BCUT2D eigenvalue weighted by Gasteiger charge is -2.13. The SMILES string of the molecule is O=C(CSc1nc2ccccc2c(=O)n1-c1ccc(Cl)cc1)Nc1cccc2ccccc12. The van der Waals surface area contributed by atoms with E-state index in [1.54, 1.807) is 36.4 Å². The highest BCUT2D eigenvalue weighted by molar-refractivity contribution is 7.99. The molecular formula is C26H18ClN3O2S. The fourth-order valence-corrected chi connectivity index (χ4v) is 4.62. The van der Waals surface area contributed by atoms with Gasteiger partial charge in [0, 0.05) is 16.1 Å². The molecule has 5 rings (SSSR count). The fourth-order valence-electron chi connectivity index (χ4n) is 3.68. The lowest BCUT2D eigenvalue weighted by molar-refractivity contribution is -0.113. The number of nitrogens with one attached hydrogen (secondary N) is 1. The summed E-state index contributed by atoms with van der Waals surface area (Å²) < 4.78 is 1.52. The molecule has 0 saturated carbocycles. The molecule has 1 heterocycles. The minimum Gasteiger partial charge on any atom is -0.325 e. The van der Waals surface area contributed by atoms with Crippen molar-refractivity contribution in [3.63, 3.8) is 0 Å². The van der Waals surface area contributed by atoms with E-state index in [-0.39, 0.29) is 17.2 Å². The molecule has 1 N–H and O–H groups in total. The van der Waals surface area contributed by atoms with Crippen LogP contribution in [-0.2, 0) is 4.79 Å². The predicted molar refractivity (Wildman–Crippen MR) is 136 cm³/mol. The number of nitrogens with zero attached hydrogens (tertiary/aromatic N) is 2. The quantitative estimate of drug-likeness (QED) is 0.255. The average Bonchev–Trinajstić information content (AvgIpc) is 2.84. The molecule has 33 heavy (non-hydrogen) atoms. The Morgan fingerprint density at radius 2 is 1.58 bits per heavy atom. The summed E-state index contributed by atoms with van der Waals surface area (Å²) >= 11 is 7.25. The Bertz CT molecular complexity index is 1540. The van der Waals surface area contributed by atoms with Crippen molar-refractivity contribution in [3.8, 4) is 5.69 Å². The Morgan fingerprint density at radius 1 is 0.879 bits per heavy atom. The van der Waals surface area contributed by atoms with Crippen LogP contribution >= 0.6 is 23.4 Å². The zero-order chi connectivity index (χ0) is 22.8. The van der Waals surface area contributed by atoms with E-state index in [2.05, 4.69) is 10.3 Å². The first-order valence-electron chi connectivity index (χ1n) is 10.3. The summed E-state index contributed by atoms with van der Waals surface area (Å²) in [6.45, 7) is 0. The first-order chi connectivity index (χ1) is 16.1. The molecule has 5 nitrogen and oxygen atoms in total. The maximum absolute atomic E-state index is 13.3. The summed E-state index contributed by atoms with van der Waals surface area (Å²) in [5, 5.41) is 6.53. The molecular weight excluding hydrogens is 454 g/mol. The van der Waals surface area contributed by atoms with Gasteiger partial charge >= 0.3 is 0 Å². The van der Waals surface area contributed by atoms with E-state index < -0.39 is 0 Å². The van der Waals surface area contributed by atoms with Gasteiger partial charge in [-0.3, -0.25) is 14.2 Å². The van der Waals surface area contributed by atoms with Crippen LogP contribution in [0.2, 0.25) is 5.02 Å². The van der Waals surface area contributed by atoms with E-state index in [1.165, 1.54) is 16.3 Å². The lowest BCUT2D eigenvalue weighted by Crippen LogP contribution is -2.23. The van der Waals surface area contributed by atoms with Crippen molar-refractivity contribution in [1.29, 1.82) is 0 Å². The summed E-state index contributed by atoms with van der Waals surface area (Å²) in [7, 11) is 0. The Kier molecular flexibility index (Phi) is 5.86. The molecule has 0 saturated heterocycles. The fraction of sp³-hybridized carbons (Fsp3) is 0.0385. The molecule has 7 heteroatoms. The molecule has 162 valence electrons. The summed E-state index contributed by atoms with van der Waals surface area (Å²) in [6.07, 6.45) is 0. The van der Waals surface area contributed by atoms with E-state index in [0.717, 1.165) is 16.5 Å². The van der Waals surface area contributed by atoms with Crippen molar-refractivity contribution < 1.29 is 4.79 Å². The van der Waals surface area contributed by atoms with Gasteiger partial charge in [0.05, 0.1) is 22.3 Å². The van der Waals surface area contributed by atoms with Gasteiger partial charge in [0.15, 0.2) is 5.16 Å². The number of hydrogen-bond donors (Lipinski definition) is 1. The zero-order valence-electron chi connectivity index (χ0n) is 17.4. The van der Waals surface area contributed by atoms with Crippen molar-refractivity contribution in [2.45, 2.75) is 5.16 Å². The highest BCUT2D eigenvalue weighted by Crippen LogP contribution is 2.25. The van der Waals surface area contributed by atoms with Gasteiger partial charge in [-0.25, -0.2) is 4.98 Å². The number of aromatic nitrogens is 2. The van der Waals surface area contributed by atoms with Crippen LogP contribution in [0.5, 0.6) is 0 Å². The van der Waals surface area contributed by atoms with Crippen molar-refractivity contribution in [3.05, 3.63) is 106 Å². The summed E-state index contributed by atoms with van der Waals surface area (Å²) in [5.74, 6) is -0.0804. The number of carbonyl (C=O) groups excluding carboxylic acids is 1. The molecule has 4 aromatic carbocycles. The van der Waals surface area contributed by atoms with E-state index in [4.69, 9.17) is 11.6 Å². The van der Waals surface area contributed by atoms with Gasteiger partial charge in [-0.2, -0.15) is 0 Å². The topological polar surface area (TPSA) is 64.0 Å². The van der Waals surface area contributed by atoms with Crippen molar-refractivity contribution >= 4 is 56.6 Å². The first kappa shape index (κ1) is 21.2. The number of thioether (sulfide) groups is 1. The summed E-state index contributed by atoms with van der Waals surface area (Å²) in [5.41, 5.74) is 1.78. The Balaban J connectivity index is 1.47. The van der Waals surface area contributed by atoms with Gasteiger partial charge in [0.25, 0.3) is 5.56 Å². The molecule has 0 aliphatic heterocycles. The predicted octanol–water partition coefficient (Wildman–Crippen LogP) is 5.92. The Morgan fingerprint density at radius 3 is 2.39 bits per heavy atom. The molecule has 0 atom stereocenters. The highest BCUT2D eigenvalue weighted by atomic mass is 35.5. The Labute approximate surface area is 199 Å². The number of fused-ring (bicyclic) bond motifs is 2. The standard InChI is InChI=1S/C26H18ClN3O2S/c27-18-12-14-19(15-13-18)30-25(32)21-9-3-4-10-23(21)29-26(30)33-16-24(31)28-22-11-5-7-17-6-1-2-8-20(17)22/h1-15H,16H2,(H,28,31). The number of hydrogen-bond acceptors (Lipinski definition) is 4. The smallest absolute Gasteiger partial charge is 0.266 e. The normalized spacial score (nSPS) is 11.1. The number of carbonyl (C=O) groups is 1. The third kappa shape index (κ3) is 4.35. The number of para-hydroxylation sites is 1. The van der Waals surface area contributed by atoms with E-state index in [9.17, 15) is 9.59 Å². The Hall–Kier alpha value is -3.61. The van der Waals surface area contributed by atoms with Crippen LogP contribution < -0.4 is 10.9 Å². The second-order valence-electron chi connectivity index (χ2n) is 7.39. The number of benzene rings is 4. The monoisotopic (exact) mass is 471 g/mol. The molecule has 0 bridgehead atoms. The molecule has 0 aliphatic rings. The molecule has 5 aromatic rings. The molecule has 0 aliphatic carbocycles. The second-order valence-corrected chi connectivity index (χ2v) is 8.77. The van der Waals surface area contributed by atoms with Gasteiger partial charge in [-0.05, 0) is 47.9 Å². The van der Waals surface area contributed by atoms with E-state index in [0.29, 0.717) is 26.8 Å². The van der Waals surface area contributed by atoms with Crippen LogP contribution in [0, 0.1) is 0 Å².